The van der Waals surface area contributed by atoms with Crippen LogP contribution < -0.4 is 16.8 Å². The molecule has 0 amide bonds. The van der Waals surface area contributed by atoms with Crippen molar-refractivity contribution in [2.75, 3.05) is 18.4 Å². The van der Waals surface area contributed by atoms with E-state index in [0.29, 0.717) is 6.54 Å². The van der Waals surface area contributed by atoms with Gasteiger partial charge in [0.2, 0.25) is 0 Å². The molecule has 5 N–H and O–H groups in total. The Hall–Kier alpha value is -1.06. The fourth-order valence-corrected chi connectivity index (χ4v) is 1.19. The lowest BCUT2D eigenvalue weighted by atomic mass is 10.1. The lowest BCUT2D eigenvalue weighted by Crippen LogP contribution is -2.36. The summed E-state index contributed by atoms with van der Waals surface area (Å²) in [5.41, 5.74) is 13.6. The molecule has 0 saturated heterocycles. The van der Waals surface area contributed by atoms with E-state index in [1.807, 2.05) is 0 Å². The Balaban J connectivity index is 2.43. The number of benzene rings is 1. The molecule has 3 heteroatoms. The van der Waals surface area contributed by atoms with E-state index < -0.39 is 0 Å². The van der Waals surface area contributed by atoms with Crippen molar-refractivity contribution in [2.45, 2.75) is 19.4 Å². The number of nitrogens with one attached hydrogen (secondary N) is 1. The number of hydrogen-bond acceptors (Lipinski definition) is 3. The van der Waals surface area contributed by atoms with Gasteiger partial charge in [-0.3, -0.25) is 0 Å². The summed E-state index contributed by atoms with van der Waals surface area (Å²) in [7, 11) is 0. The van der Waals surface area contributed by atoms with E-state index in [2.05, 4.69) is 36.5 Å². The average molecular weight is 193 g/mol. The summed E-state index contributed by atoms with van der Waals surface area (Å²) in [4.78, 5) is 0. The van der Waals surface area contributed by atoms with Gasteiger partial charge in [0.1, 0.15) is 0 Å². The first-order valence-corrected chi connectivity index (χ1v) is 5.04. The highest BCUT2D eigenvalue weighted by Gasteiger charge is 1.98. The second kappa shape index (κ2) is 5.62. The molecule has 0 aliphatic carbocycles. The lowest BCUT2D eigenvalue weighted by Gasteiger charge is -2.11. The minimum Gasteiger partial charge on any atom is -0.383 e. The SMILES string of the molecule is CCc1ccc(NCC(N)CN)cc1. The number of rotatable bonds is 5. The molecule has 0 aliphatic rings. The maximum Gasteiger partial charge on any atom is 0.0340 e. The third kappa shape index (κ3) is 3.36. The molecule has 1 unspecified atom stereocenters. The number of anilines is 1. The minimum absolute atomic E-state index is 0.0286. The molecule has 0 aliphatic heterocycles. The summed E-state index contributed by atoms with van der Waals surface area (Å²) >= 11 is 0. The fraction of sp³-hybridized carbons (Fsp3) is 0.455. The Morgan fingerprint density at radius 1 is 1.29 bits per heavy atom. The maximum absolute atomic E-state index is 5.69. The van der Waals surface area contributed by atoms with E-state index >= 15 is 0 Å². The number of aryl methyl sites for hydroxylation is 1. The molecule has 1 rings (SSSR count). The van der Waals surface area contributed by atoms with Gasteiger partial charge in [0.25, 0.3) is 0 Å². The Morgan fingerprint density at radius 2 is 1.93 bits per heavy atom. The van der Waals surface area contributed by atoms with Gasteiger partial charge in [-0.15, -0.1) is 0 Å². The van der Waals surface area contributed by atoms with Crippen LogP contribution in [0.5, 0.6) is 0 Å². The summed E-state index contributed by atoms with van der Waals surface area (Å²) in [6, 6.07) is 8.41. The van der Waals surface area contributed by atoms with E-state index in [1.165, 1.54) is 5.56 Å². The molecule has 14 heavy (non-hydrogen) atoms. The molecule has 0 aromatic heterocycles. The molecule has 0 bridgehead atoms. The Bertz CT molecular complexity index is 256. The third-order valence-electron chi connectivity index (χ3n) is 2.23. The maximum atomic E-state index is 5.69. The second-order valence-electron chi connectivity index (χ2n) is 3.43. The minimum atomic E-state index is 0.0286. The monoisotopic (exact) mass is 193 g/mol. The van der Waals surface area contributed by atoms with Gasteiger partial charge in [-0.05, 0) is 24.1 Å². The normalized spacial score (nSPS) is 12.5. The molecule has 1 atom stereocenters. The molecule has 3 nitrogen and oxygen atoms in total. The van der Waals surface area contributed by atoms with Crippen molar-refractivity contribution in [2.24, 2.45) is 11.5 Å². The van der Waals surface area contributed by atoms with Crippen LogP contribution in [0.25, 0.3) is 0 Å². The van der Waals surface area contributed by atoms with Crippen LogP contribution in [-0.4, -0.2) is 19.1 Å². The van der Waals surface area contributed by atoms with Gasteiger partial charge in [-0.2, -0.15) is 0 Å². The summed E-state index contributed by atoms with van der Waals surface area (Å²) < 4.78 is 0. The zero-order valence-corrected chi connectivity index (χ0v) is 8.66. The van der Waals surface area contributed by atoms with Crippen LogP contribution in [0.1, 0.15) is 12.5 Å². The zero-order chi connectivity index (χ0) is 10.4. The Labute approximate surface area is 85.5 Å². The third-order valence-corrected chi connectivity index (χ3v) is 2.23. The Morgan fingerprint density at radius 3 is 2.43 bits per heavy atom. The van der Waals surface area contributed by atoms with Crippen LogP contribution in [0, 0.1) is 0 Å². The van der Waals surface area contributed by atoms with Gasteiger partial charge < -0.3 is 16.8 Å². The molecule has 78 valence electrons. The van der Waals surface area contributed by atoms with Crippen molar-refractivity contribution in [1.29, 1.82) is 0 Å². The molecule has 1 aromatic rings. The largest absolute Gasteiger partial charge is 0.383 e. The van der Waals surface area contributed by atoms with Gasteiger partial charge in [-0.25, -0.2) is 0 Å². The van der Waals surface area contributed by atoms with Crippen molar-refractivity contribution in [3.8, 4) is 0 Å². The molecule has 0 fully saturated rings. The van der Waals surface area contributed by atoms with Crippen LogP contribution in [0.4, 0.5) is 5.69 Å². The first-order valence-electron chi connectivity index (χ1n) is 5.04. The molecule has 0 heterocycles. The predicted molar refractivity (Wildman–Crippen MR) is 61.3 cm³/mol. The molecule has 0 spiro atoms. The van der Waals surface area contributed by atoms with Crippen molar-refractivity contribution < 1.29 is 0 Å². The molecule has 0 saturated carbocycles. The van der Waals surface area contributed by atoms with Gasteiger partial charge >= 0.3 is 0 Å². The Kier molecular flexibility index (Phi) is 4.43. The van der Waals surface area contributed by atoms with E-state index in [-0.39, 0.29) is 6.04 Å². The van der Waals surface area contributed by atoms with E-state index in [1.54, 1.807) is 0 Å². The first-order chi connectivity index (χ1) is 6.76. The topological polar surface area (TPSA) is 64.1 Å². The molecule has 0 radical (unpaired) electrons. The summed E-state index contributed by atoms with van der Waals surface area (Å²) in [5.74, 6) is 0. The summed E-state index contributed by atoms with van der Waals surface area (Å²) in [6.45, 7) is 3.38. The fourth-order valence-electron chi connectivity index (χ4n) is 1.19. The molecular weight excluding hydrogens is 174 g/mol. The van der Waals surface area contributed by atoms with Crippen molar-refractivity contribution in [3.05, 3.63) is 29.8 Å². The van der Waals surface area contributed by atoms with Crippen LogP contribution in [0.3, 0.4) is 0 Å². The molecular formula is C11H19N3. The molecule has 1 aromatic carbocycles. The smallest absolute Gasteiger partial charge is 0.0340 e. The lowest BCUT2D eigenvalue weighted by molar-refractivity contribution is 0.713. The average Bonchev–Trinajstić information content (AvgIpc) is 2.26. The van der Waals surface area contributed by atoms with Gasteiger partial charge in [0.05, 0.1) is 0 Å². The number of nitrogens with two attached hydrogens (primary N) is 2. The van der Waals surface area contributed by atoms with Crippen molar-refractivity contribution >= 4 is 5.69 Å². The highest BCUT2D eigenvalue weighted by molar-refractivity contribution is 5.44. The standard InChI is InChI=1S/C11H19N3/c1-2-9-3-5-11(6-4-9)14-8-10(13)7-12/h3-6,10,14H,2,7-8,12-13H2,1H3. The van der Waals surface area contributed by atoms with Crippen molar-refractivity contribution in [1.82, 2.24) is 0 Å². The zero-order valence-electron chi connectivity index (χ0n) is 8.66. The summed E-state index contributed by atoms with van der Waals surface area (Å²) in [5, 5.41) is 3.24. The highest BCUT2D eigenvalue weighted by Crippen LogP contribution is 2.09. The van der Waals surface area contributed by atoms with E-state index in [9.17, 15) is 0 Å². The first kappa shape index (κ1) is 11.0. The van der Waals surface area contributed by atoms with Gasteiger partial charge in [0.15, 0.2) is 0 Å². The van der Waals surface area contributed by atoms with Gasteiger partial charge in [-0.1, -0.05) is 19.1 Å². The van der Waals surface area contributed by atoms with Crippen LogP contribution in [0.2, 0.25) is 0 Å². The highest BCUT2D eigenvalue weighted by atomic mass is 14.9. The second-order valence-corrected chi connectivity index (χ2v) is 3.43. The van der Waals surface area contributed by atoms with Crippen LogP contribution in [-0.2, 0) is 6.42 Å². The van der Waals surface area contributed by atoms with Crippen LogP contribution in [0.15, 0.2) is 24.3 Å². The quantitative estimate of drug-likeness (QED) is 0.652. The van der Waals surface area contributed by atoms with E-state index in [4.69, 9.17) is 11.5 Å². The van der Waals surface area contributed by atoms with Crippen LogP contribution >= 0.6 is 0 Å². The predicted octanol–water partition coefficient (Wildman–Crippen LogP) is 0.947. The summed E-state index contributed by atoms with van der Waals surface area (Å²) in [6.07, 6.45) is 1.07. The number of hydrogen-bond donors (Lipinski definition) is 3. The van der Waals surface area contributed by atoms with Gasteiger partial charge in [0, 0.05) is 24.8 Å². The van der Waals surface area contributed by atoms with Crippen molar-refractivity contribution in [3.63, 3.8) is 0 Å². The van der Waals surface area contributed by atoms with E-state index in [0.717, 1.165) is 18.7 Å².